The van der Waals surface area contributed by atoms with Gasteiger partial charge < -0.3 is 9.42 Å². The summed E-state index contributed by atoms with van der Waals surface area (Å²) in [6, 6.07) is 5.41. The zero-order valence-electron chi connectivity index (χ0n) is 7.32. The molecule has 3 nitrogen and oxygen atoms in total. The van der Waals surface area contributed by atoms with Crippen LogP contribution in [0.2, 0.25) is 0 Å². The Kier molecular flexibility index (Phi) is 3.01. The quantitative estimate of drug-likeness (QED) is 0.780. The van der Waals surface area contributed by atoms with E-state index in [0.717, 1.165) is 11.1 Å². The summed E-state index contributed by atoms with van der Waals surface area (Å²) >= 11 is 5.10. The summed E-state index contributed by atoms with van der Waals surface area (Å²) in [7, 11) is 0. The highest BCUT2D eigenvalue weighted by Crippen LogP contribution is 2.49. The first kappa shape index (κ1) is 10.6. The second-order valence-corrected chi connectivity index (χ2v) is 5.13. The molecule has 0 saturated carbocycles. The lowest BCUT2D eigenvalue weighted by Crippen LogP contribution is -1.91. The molecular formula is C8H10ClO3P. The fraction of sp³-hybridized carbons (Fsp3) is 0.250. The molecule has 0 amide bonds. The third-order valence-electron chi connectivity index (χ3n) is 1.61. The zero-order valence-corrected chi connectivity index (χ0v) is 8.97. The summed E-state index contributed by atoms with van der Waals surface area (Å²) in [5.41, 5.74) is 1.57. The third-order valence-corrected chi connectivity index (χ3v) is 2.23. The molecule has 1 unspecified atom stereocenters. The van der Waals surface area contributed by atoms with Gasteiger partial charge in [-0.25, -0.2) is 4.57 Å². The van der Waals surface area contributed by atoms with Gasteiger partial charge in [-0.1, -0.05) is 18.2 Å². The van der Waals surface area contributed by atoms with E-state index in [1.54, 1.807) is 26.0 Å². The van der Waals surface area contributed by atoms with E-state index in [9.17, 15) is 4.57 Å². The number of benzene rings is 1. The van der Waals surface area contributed by atoms with Crippen molar-refractivity contribution in [2.45, 2.75) is 13.8 Å². The van der Waals surface area contributed by atoms with Gasteiger partial charge in [0.25, 0.3) is 0 Å². The second-order valence-electron chi connectivity index (χ2n) is 2.76. The van der Waals surface area contributed by atoms with Crippen LogP contribution >= 0.6 is 18.2 Å². The van der Waals surface area contributed by atoms with E-state index in [2.05, 4.69) is 0 Å². The van der Waals surface area contributed by atoms with Gasteiger partial charge in [-0.2, -0.15) is 0 Å². The van der Waals surface area contributed by atoms with Crippen LogP contribution in [-0.4, -0.2) is 4.89 Å². The number of rotatable bonds is 2. The van der Waals surface area contributed by atoms with Crippen molar-refractivity contribution in [3.63, 3.8) is 0 Å². The molecule has 0 heterocycles. The summed E-state index contributed by atoms with van der Waals surface area (Å²) < 4.78 is 15.5. The maximum Gasteiger partial charge on any atom is 0.474 e. The van der Waals surface area contributed by atoms with Crippen LogP contribution in [0.4, 0.5) is 0 Å². The van der Waals surface area contributed by atoms with E-state index in [-0.39, 0.29) is 0 Å². The zero-order chi connectivity index (χ0) is 10.1. The van der Waals surface area contributed by atoms with Crippen molar-refractivity contribution in [3.8, 4) is 5.75 Å². The first-order chi connectivity index (χ1) is 5.90. The fourth-order valence-electron chi connectivity index (χ4n) is 1.06. The minimum Gasteiger partial charge on any atom is -0.413 e. The molecular weight excluding hydrogens is 211 g/mol. The van der Waals surface area contributed by atoms with Gasteiger partial charge in [-0.05, 0) is 25.0 Å². The molecule has 0 bridgehead atoms. The van der Waals surface area contributed by atoms with Gasteiger partial charge in [0.15, 0.2) is 0 Å². The number of aryl methyl sites for hydroxylation is 2. The number of para-hydroxylation sites is 1. The molecule has 0 spiro atoms. The Morgan fingerprint density at radius 2 is 1.85 bits per heavy atom. The number of halogens is 1. The van der Waals surface area contributed by atoms with Gasteiger partial charge in [-0.3, -0.25) is 0 Å². The molecule has 0 aliphatic heterocycles. The maximum absolute atomic E-state index is 10.8. The average molecular weight is 221 g/mol. The van der Waals surface area contributed by atoms with Gasteiger partial charge in [0.05, 0.1) is 0 Å². The molecule has 0 aromatic heterocycles. The van der Waals surface area contributed by atoms with E-state index in [1.165, 1.54) is 0 Å². The molecule has 0 fully saturated rings. The molecule has 0 saturated heterocycles. The Hall–Kier alpha value is -0.500. The highest BCUT2D eigenvalue weighted by Gasteiger charge is 2.18. The van der Waals surface area contributed by atoms with Crippen LogP contribution in [0, 0.1) is 13.8 Å². The van der Waals surface area contributed by atoms with Crippen LogP contribution in [-0.2, 0) is 4.57 Å². The highest BCUT2D eigenvalue weighted by molar-refractivity contribution is 7.80. The summed E-state index contributed by atoms with van der Waals surface area (Å²) in [5.74, 6) is 0.378. The molecule has 1 N–H and O–H groups in total. The Bertz CT molecular complexity index is 338. The van der Waals surface area contributed by atoms with E-state index in [0.29, 0.717) is 5.75 Å². The Morgan fingerprint density at radius 3 is 2.23 bits per heavy atom. The molecule has 13 heavy (non-hydrogen) atoms. The smallest absolute Gasteiger partial charge is 0.413 e. The van der Waals surface area contributed by atoms with Crippen molar-refractivity contribution in [3.05, 3.63) is 29.3 Å². The lowest BCUT2D eigenvalue weighted by atomic mass is 10.1. The monoisotopic (exact) mass is 220 g/mol. The van der Waals surface area contributed by atoms with Crippen LogP contribution < -0.4 is 4.52 Å². The minimum atomic E-state index is -3.97. The van der Waals surface area contributed by atoms with Crippen LogP contribution in [0.5, 0.6) is 5.75 Å². The number of hydrogen-bond donors (Lipinski definition) is 1. The first-order valence-electron chi connectivity index (χ1n) is 3.68. The van der Waals surface area contributed by atoms with Gasteiger partial charge in [0.1, 0.15) is 5.75 Å². The van der Waals surface area contributed by atoms with E-state index >= 15 is 0 Å². The van der Waals surface area contributed by atoms with E-state index < -0.39 is 6.95 Å². The lowest BCUT2D eigenvalue weighted by Gasteiger charge is -2.11. The van der Waals surface area contributed by atoms with E-state index in [4.69, 9.17) is 20.7 Å². The molecule has 72 valence electrons. The summed E-state index contributed by atoms with van der Waals surface area (Å²) in [5, 5.41) is 0. The normalized spacial score (nSPS) is 15.1. The summed E-state index contributed by atoms with van der Waals surface area (Å²) in [6.07, 6.45) is 0. The Morgan fingerprint density at radius 1 is 1.38 bits per heavy atom. The maximum atomic E-state index is 10.8. The van der Waals surface area contributed by atoms with Crippen molar-refractivity contribution in [1.82, 2.24) is 0 Å². The van der Waals surface area contributed by atoms with Crippen LogP contribution in [0.1, 0.15) is 11.1 Å². The predicted molar refractivity (Wildman–Crippen MR) is 52.2 cm³/mol. The number of hydrogen-bond acceptors (Lipinski definition) is 2. The van der Waals surface area contributed by atoms with Crippen molar-refractivity contribution >= 4 is 18.2 Å². The van der Waals surface area contributed by atoms with Crippen LogP contribution in [0.3, 0.4) is 0 Å². The predicted octanol–water partition coefficient (Wildman–Crippen LogP) is 3.02. The van der Waals surface area contributed by atoms with Crippen molar-refractivity contribution in [2.24, 2.45) is 0 Å². The van der Waals surface area contributed by atoms with Crippen LogP contribution in [0.15, 0.2) is 18.2 Å². The standard InChI is InChI=1S/C8H10ClO3P/c1-6-4-3-5-7(2)8(6)12-13(9,10)11/h3-5H,1-2H3,(H,10,11). The Labute approximate surface area is 81.6 Å². The lowest BCUT2D eigenvalue weighted by molar-refractivity contribution is 0.398. The molecule has 1 aromatic rings. The SMILES string of the molecule is Cc1cccc(C)c1OP(=O)(O)Cl. The largest absolute Gasteiger partial charge is 0.474 e. The molecule has 5 heteroatoms. The van der Waals surface area contributed by atoms with Crippen molar-refractivity contribution in [2.75, 3.05) is 0 Å². The van der Waals surface area contributed by atoms with Gasteiger partial charge in [-0.15, -0.1) is 0 Å². The first-order valence-corrected chi connectivity index (χ1v) is 6.16. The van der Waals surface area contributed by atoms with Crippen molar-refractivity contribution in [1.29, 1.82) is 0 Å². The minimum absolute atomic E-state index is 0.378. The molecule has 0 aliphatic carbocycles. The summed E-state index contributed by atoms with van der Waals surface area (Å²) in [6.45, 7) is -0.396. The van der Waals surface area contributed by atoms with Crippen LogP contribution in [0.25, 0.3) is 0 Å². The average Bonchev–Trinajstić information content (AvgIpc) is 1.95. The fourth-order valence-corrected chi connectivity index (χ4v) is 1.78. The molecule has 0 radical (unpaired) electrons. The molecule has 0 aliphatic rings. The summed E-state index contributed by atoms with van der Waals surface area (Å²) in [4.78, 5) is 8.82. The molecule has 1 atom stereocenters. The highest BCUT2D eigenvalue weighted by atomic mass is 35.7. The topological polar surface area (TPSA) is 46.5 Å². The molecule has 1 aromatic carbocycles. The second kappa shape index (κ2) is 3.70. The third kappa shape index (κ3) is 3.03. The van der Waals surface area contributed by atoms with E-state index in [1.807, 2.05) is 6.07 Å². The Balaban J connectivity index is 3.07. The van der Waals surface area contributed by atoms with Crippen molar-refractivity contribution < 1.29 is 14.0 Å². The van der Waals surface area contributed by atoms with Gasteiger partial charge in [0.2, 0.25) is 0 Å². The van der Waals surface area contributed by atoms with Gasteiger partial charge in [0, 0.05) is 11.2 Å². The van der Waals surface area contributed by atoms with Gasteiger partial charge >= 0.3 is 6.95 Å². The molecule has 1 rings (SSSR count).